The summed E-state index contributed by atoms with van der Waals surface area (Å²) in [4.78, 5) is 0.0722. The molecule has 0 radical (unpaired) electrons. The van der Waals surface area contributed by atoms with Gasteiger partial charge in [0, 0.05) is 39.9 Å². The summed E-state index contributed by atoms with van der Waals surface area (Å²) >= 11 is 0. The van der Waals surface area contributed by atoms with Gasteiger partial charge in [-0.1, -0.05) is 31.0 Å². The van der Waals surface area contributed by atoms with Crippen LogP contribution in [0.4, 0.5) is 14.5 Å². The Morgan fingerprint density at radius 1 is 1.08 bits per heavy atom. The first-order chi connectivity index (χ1) is 10.9. The van der Waals surface area contributed by atoms with Gasteiger partial charge in [-0.05, 0) is 31.2 Å². The van der Waals surface area contributed by atoms with E-state index in [1.54, 1.807) is 12.1 Å². The van der Waals surface area contributed by atoms with E-state index in [0.717, 1.165) is 28.4 Å². The van der Waals surface area contributed by atoms with E-state index in [2.05, 4.69) is 0 Å². The van der Waals surface area contributed by atoms with Gasteiger partial charge in [-0.15, -0.1) is 18.2 Å². The fourth-order valence-electron chi connectivity index (χ4n) is 2.14. The van der Waals surface area contributed by atoms with Crippen molar-refractivity contribution in [3.05, 3.63) is 59.7 Å². The Labute approximate surface area is 156 Å². The first kappa shape index (κ1) is 20.8. The van der Waals surface area contributed by atoms with Crippen LogP contribution in [0, 0.1) is 24.6 Å². The third-order valence-electron chi connectivity index (χ3n) is 3.43. The molecule has 128 valence electrons. The van der Waals surface area contributed by atoms with Gasteiger partial charge in [0.1, 0.15) is 0 Å². The van der Waals surface area contributed by atoms with Crippen molar-refractivity contribution >= 4 is 15.7 Å². The van der Waals surface area contributed by atoms with Crippen molar-refractivity contribution in [1.29, 1.82) is 0 Å². The Balaban J connectivity index is 0.00000288. The Morgan fingerprint density at radius 3 is 2.25 bits per heavy atom. The molecule has 0 heterocycles. The molecular formula is C17H18F2NO2STi-. The average molecular weight is 386 g/mol. The van der Waals surface area contributed by atoms with E-state index in [1.165, 1.54) is 12.1 Å². The van der Waals surface area contributed by atoms with E-state index in [1.807, 2.05) is 19.9 Å². The van der Waals surface area contributed by atoms with Gasteiger partial charge in [-0.3, -0.25) is 0 Å². The Bertz CT molecular complexity index is 780. The number of halogens is 2. The fraction of sp³-hybridized carbons (Fsp3) is 0.294. The molecule has 0 fully saturated rings. The van der Waals surface area contributed by atoms with Gasteiger partial charge < -0.3 is 4.31 Å². The van der Waals surface area contributed by atoms with Gasteiger partial charge in [0.2, 0.25) is 0 Å². The second-order valence-corrected chi connectivity index (χ2v) is 7.11. The van der Waals surface area contributed by atoms with Gasteiger partial charge in [-0.25, -0.2) is 17.2 Å². The third kappa shape index (κ3) is 4.65. The van der Waals surface area contributed by atoms with Gasteiger partial charge in [0.25, 0.3) is 10.0 Å². The normalized spacial score (nSPS) is 11.0. The first-order valence-electron chi connectivity index (χ1n) is 7.33. The summed E-state index contributed by atoms with van der Waals surface area (Å²) in [5.74, 6) is -1.88. The summed E-state index contributed by atoms with van der Waals surface area (Å²) in [5.41, 5.74) is 0.728. The van der Waals surface area contributed by atoms with Crippen LogP contribution in [0.25, 0.3) is 0 Å². The first-order valence-corrected chi connectivity index (χ1v) is 8.77. The van der Waals surface area contributed by atoms with Crippen LogP contribution in [0.1, 0.15) is 25.3 Å². The summed E-state index contributed by atoms with van der Waals surface area (Å²) in [7, 11) is -3.93. The molecule has 0 bridgehead atoms. The van der Waals surface area contributed by atoms with E-state index in [-0.39, 0.29) is 38.8 Å². The van der Waals surface area contributed by atoms with Crippen molar-refractivity contribution in [3.63, 3.8) is 0 Å². The molecule has 24 heavy (non-hydrogen) atoms. The molecule has 0 spiro atoms. The van der Waals surface area contributed by atoms with Crippen molar-refractivity contribution in [1.82, 2.24) is 0 Å². The Hall–Kier alpha value is -1.24. The minimum Gasteiger partial charge on any atom is -0.317 e. The van der Waals surface area contributed by atoms with Crippen LogP contribution in [-0.2, 0) is 31.7 Å². The quantitative estimate of drug-likeness (QED) is 0.555. The van der Waals surface area contributed by atoms with Crippen LogP contribution in [-0.4, -0.2) is 15.0 Å². The predicted octanol–water partition coefficient (Wildman–Crippen LogP) is 4.07. The fourth-order valence-corrected chi connectivity index (χ4v) is 3.64. The molecule has 0 aliphatic carbocycles. The van der Waals surface area contributed by atoms with Crippen molar-refractivity contribution in [2.45, 2.75) is 31.6 Å². The summed E-state index contributed by atoms with van der Waals surface area (Å²) in [6.07, 6.45) is 1.30. The van der Waals surface area contributed by atoms with Crippen LogP contribution in [0.15, 0.2) is 41.3 Å². The molecule has 0 amide bonds. The topological polar surface area (TPSA) is 37.4 Å². The molecule has 0 saturated carbocycles. The van der Waals surface area contributed by atoms with Crippen molar-refractivity contribution in [2.75, 3.05) is 10.8 Å². The number of unbranched alkanes of at least 4 members (excludes halogenated alkanes) is 1. The molecule has 2 aromatic rings. The molecule has 0 atom stereocenters. The summed E-state index contributed by atoms with van der Waals surface area (Å²) in [5, 5.41) is 0. The molecule has 0 unspecified atom stereocenters. The van der Waals surface area contributed by atoms with E-state index in [0.29, 0.717) is 6.42 Å². The number of sulfonamides is 1. The van der Waals surface area contributed by atoms with Crippen molar-refractivity contribution in [3.8, 4) is 0 Å². The van der Waals surface area contributed by atoms with Crippen molar-refractivity contribution < 1.29 is 38.9 Å². The second kappa shape index (κ2) is 8.74. The van der Waals surface area contributed by atoms with Gasteiger partial charge in [0.05, 0.1) is 4.90 Å². The van der Waals surface area contributed by atoms with Crippen molar-refractivity contribution in [2.24, 2.45) is 0 Å². The van der Waals surface area contributed by atoms with Gasteiger partial charge in [0.15, 0.2) is 0 Å². The summed E-state index contributed by atoms with van der Waals surface area (Å²) in [6, 6.07) is 10.3. The Morgan fingerprint density at radius 2 is 1.71 bits per heavy atom. The number of anilines is 1. The zero-order valence-corrected chi connectivity index (χ0v) is 15.9. The number of hydrogen-bond donors (Lipinski definition) is 0. The third-order valence-corrected chi connectivity index (χ3v) is 5.26. The SMILES string of the molecule is CCCCN(c1ccc(F)[c-]c1F)S(=O)(=O)c1ccc(C)cc1.[Ti]. The van der Waals surface area contributed by atoms with Crippen LogP contribution < -0.4 is 4.31 Å². The monoisotopic (exact) mass is 386 g/mol. The molecule has 2 rings (SSSR count). The molecule has 0 aliphatic rings. The molecule has 3 nitrogen and oxygen atoms in total. The minimum atomic E-state index is -3.93. The standard InChI is InChI=1S/C17H18F2NO2S.Ti/c1-3-4-11-20(17-10-7-14(18)12-16(17)19)23(21,22)15-8-5-13(2)6-9-15;/h5-10H,3-4,11H2,1-2H3;/q-1;. The number of rotatable bonds is 6. The zero-order chi connectivity index (χ0) is 17.0. The maximum atomic E-state index is 14.0. The molecule has 0 saturated heterocycles. The van der Waals surface area contributed by atoms with E-state index in [9.17, 15) is 17.2 Å². The van der Waals surface area contributed by atoms with Gasteiger partial charge in [-0.2, -0.15) is 0 Å². The maximum Gasteiger partial charge on any atom is 0.254 e. The summed E-state index contributed by atoms with van der Waals surface area (Å²) in [6.45, 7) is 3.87. The largest absolute Gasteiger partial charge is 0.317 e. The zero-order valence-electron chi connectivity index (χ0n) is 13.5. The molecular weight excluding hydrogens is 368 g/mol. The summed E-state index contributed by atoms with van der Waals surface area (Å²) < 4.78 is 53.8. The number of aryl methyl sites for hydroxylation is 1. The smallest absolute Gasteiger partial charge is 0.254 e. The van der Waals surface area contributed by atoms with Gasteiger partial charge >= 0.3 is 0 Å². The predicted molar refractivity (Wildman–Crippen MR) is 85.8 cm³/mol. The molecule has 2 aromatic carbocycles. The second-order valence-electron chi connectivity index (χ2n) is 5.25. The van der Waals surface area contributed by atoms with E-state index < -0.39 is 21.7 Å². The van der Waals surface area contributed by atoms with E-state index in [4.69, 9.17) is 0 Å². The van der Waals surface area contributed by atoms with Crippen LogP contribution in [0.5, 0.6) is 0 Å². The molecule has 0 aromatic heterocycles. The minimum absolute atomic E-state index is 0. The number of hydrogen-bond acceptors (Lipinski definition) is 2. The maximum absolute atomic E-state index is 14.0. The number of nitrogens with zero attached hydrogens (tertiary/aromatic N) is 1. The Kier molecular flexibility index (Phi) is 7.58. The average Bonchev–Trinajstić information content (AvgIpc) is 2.49. The van der Waals surface area contributed by atoms with E-state index >= 15 is 0 Å². The molecule has 0 aliphatic heterocycles. The van der Waals surface area contributed by atoms with Crippen LogP contribution in [0.3, 0.4) is 0 Å². The number of benzene rings is 2. The molecule has 7 heteroatoms. The van der Waals surface area contributed by atoms with Crippen LogP contribution >= 0.6 is 0 Å². The van der Waals surface area contributed by atoms with Crippen LogP contribution in [0.2, 0.25) is 0 Å². The molecule has 0 N–H and O–H groups in total.